The Balaban J connectivity index is 0.000000410. The molecule has 90 heavy (non-hydrogen) atoms. The Morgan fingerprint density at radius 3 is 1.30 bits per heavy atom. The molecule has 5 aliphatic rings. The molecule has 25 atom stereocenters. The van der Waals surface area contributed by atoms with Crippen molar-refractivity contribution in [2.24, 2.45) is 0 Å². The Morgan fingerprint density at radius 1 is 0.478 bits per heavy atom. The molecule has 5 saturated heterocycles. The van der Waals surface area contributed by atoms with Gasteiger partial charge in [-0.3, -0.25) is 24.0 Å². The average molecular weight is 1290 g/mol. The molecule has 0 bridgehead atoms. The number of hydrogen-bond donors (Lipinski definition) is 16. The van der Waals surface area contributed by atoms with Gasteiger partial charge in [-0.05, 0) is 57.7 Å². The predicted octanol–water partition coefficient (Wildman–Crippen LogP) is -4.48. The summed E-state index contributed by atoms with van der Waals surface area (Å²) in [6.07, 6.45) is -14.5. The summed E-state index contributed by atoms with van der Waals surface area (Å²) in [6.45, 7) is 7.49. The number of carbonyl (C=O) groups excluding carboxylic acids is 5. The predicted molar refractivity (Wildman–Crippen MR) is 312 cm³/mol. The number of carbonyl (C=O) groups is 5. The molecule has 6 rings (SSSR count). The number of unbranched alkanes of at least 4 members (excludes halogenated alkanes) is 5. The maximum Gasteiger partial charge on any atom is 0.251 e. The minimum atomic E-state index is -1.78. The monoisotopic (exact) mass is 1290 g/mol. The minimum absolute atomic E-state index is 0.134. The summed E-state index contributed by atoms with van der Waals surface area (Å²) >= 11 is 0. The normalized spacial score (nSPS) is 37.0. The van der Waals surface area contributed by atoms with Crippen molar-refractivity contribution < 1.29 is 128 Å². The fraction of sp³-hybridized carbons (Fsp3) is 0.780. The quantitative estimate of drug-likeness (QED) is 0.0278. The molecule has 5 heterocycles. The van der Waals surface area contributed by atoms with E-state index in [0.29, 0.717) is 12.4 Å². The van der Waals surface area contributed by atoms with Crippen LogP contribution in [0.2, 0.25) is 0 Å². The first-order chi connectivity index (χ1) is 42.9. The molecule has 0 saturated carbocycles. The summed E-state index contributed by atoms with van der Waals surface area (Å²) in [5.74, 6) is -2.29. The molecule has 514 valence electrons. The molecule has 31 nitrogen and oxygen atoms in total. The van der Waals surface area contributed by atoms with Crippen molar-refractivity contribution in [2.45, 2.75) is 246 Å². The van der Waals surface area contributed by atoms with Crippen molar-refractivity contribution >= 4 is 29.5 Å². The molecular formula is C59H97N5O26. The number of nitrogens with one attached hydrogen (secondary N) is 5. The molecule has 13 unspecified atom stereocenters. The Hall–Kier alpha value is -4.69. The van der Waals surface area contributed by atoms with Crippen molar-refractivity contribution in [3.8, 4) is 5.75 Å². The zero-order valence-corrected chi connectivity index (χ0v) is 52.1. The fourth-order valence-electron chi connectivity index (χ4n) is 11.5. The van der Waals surface area contributed by atoms with Crippen molar-refractivity contribution in [2.75, 3.05) is 46.8 Å². The van der Waals surface area contributed by atoms with E-state index in [9.17, 15) is 80.1 Å². The Bertz CT molecular complexity index is 2400. The smallest absolute Gasteiger partial charge is 0.251 e. The van der Waals surface area contributed by atoms with E-state index in [0.717, 1.165) is 26.2 Å². The second-order valence-corrected chi connectivity index (χ2v) is 23.0. The maximum atomic E-state index is 13.6. The second-order valence-electron chi connectivity index (χ2n) is 23.0. The van der Waals surface area contributed by atoms with Crippen LogP contribution in [-0.2, 0) is 61.8 Å². The molecule has 1 aromatic carbocycles. The number of allylic oxidation sites excluding steroid dienone is 2. The highest BCUT2D eigenvalue weighted by atomic mass is 16.7. The van der Waals surface area contributed by atoms with Crippen LogP contribution < -0.4 is 31.3 Å². The fourth-order valence-corrected chi connectivity index (χ4v) is 11.5. The molecule has 0 radical (unpaired) electrons. The van der Waals surface area contributed by atoms with Crippen LogP contribution in [0.15, 0.2) is 36.4 Å². The Labute approximate surface area is 522 Å². The van der Waals surface area contributed by atoms with E-state index >= 15 is 0 Å². The number of rotatable bonds is 28. The molecule has 5 amide bonds. The summed E-state index contributed by atoms with van der Waals surface area (Å²) < 4.78 is 58.1. The lowest BCUT2D eigenvalue weighted by Gasteiger charge is -2.50. The molecule has 31 heteroatoms. The summed E-state index contributed by atoms with van der Waals surface area (Å²) in [4.78, 5) is 61.1. The van der Waals surface area contributed by atoms with Gasteiger partial charge >= 0.3 is 0 Å². The largest absolute Gasteiger partial charge is 0.494 e. The second kappa shape index (κ2) is 37.3. The van der Waals surface area contributed by atoms with Crippen LogP contribution in [0.4, 0.5) is 0 Å². The molecule has 0 aliphatic carbocycles. The summed E-state index contributed by atoms with van der Waals surface area (Å²) in [7, 11) is 1.33. The van der Waals surface area contributed by atoms with E-state index in [-0.39, 0.29) is 11.5 Å². The lowest BCUT2D eigenvalue weighted by atomic mass is 9.92. The zero-order valence-electron chi connectivity index (χ0n) is 52.1. The number of ether oxygens (including phenoxy) is 10. The average Bonchev–Trinajstić information content (AvgIpc) is 0.805. The summed E-state index contributed by atoms with van der Waals surface area (Å²) in [5, 5.41) is 129. The third-order valence-electron chi connectivity index (χ3n) is 16.1. The van der Waals surface area contributed by atoms with E-state index in [1.54, 1.807) is 26.0 Å². The van der Waals surface area contributed by atoms with E-state index in [1.807, 2.05) is 0 Å². The van der Waals surface area contributed by atoms with Crippen molar-refractivity contribution in [3.05, 3.63) is 42.0 Å². The number of hydrogen-bond acceptors (Lipinski definition) is 26. The van der Waals surface area contributed by atoms with Gasteiger partial charge in [-0.25, -0.2) is 0 Å². The highest BCUT2D eigenvalue weighted by Crippen LogP contribution is 2.34. The van der Waals surface area contributed by atoms with Gasteiger partial charge in [-0.15, -0.1) is 0 Å². The topological polar surface area (TPSA) is 460 Å². The van der Waals surface area contributed by atoms with E-state index in [1.165, 1.54) is 65.7 Å². The first-order valence-electron chi connectivity index (χ1n) is 30.5. The van der Waals surface area contributed by atoms with Crippen LogP contribution in [0.3, 0.4) is 0 Å². The van der Waals surface area contributed by atoms with Crippen LogP contribution in [-0.4, -0.2) is 285 Å². The van der Waals surface area contributed by atoms with E-state index < -0.39 is 210 Å². The van der Waals surface area contributed by atoms with Gasteiger partial charge in [0.2, 0.25) is 23.6 Å². The third-order valence-corrected chi connectivity index (χ3v) is 16.1. The first kappa shape index (κ1) is 76.0. The maximum absolute atomic E-state index is 13.6. The number of aliphatic hydroxyl groups excluding tert-OH is 11. The van der Waals surface area contributed by atoms with Crippen LogP contribution in [0, 0.1) is 0 Å². The Kier molecular flexibility index (Phi) is 31.5. The molecule has 1 aromatic rings. The van der Waals surface area contributed by atoms with Crippen LogP contribution in [0.25, 0.3) is 0 Å². The standard InChI is InChI=1S/C41H65N3O16.C18H32N2O10/c1-5-6-7-8-9-10-11-12-13-17-55-26-16-14-15-25(18-26)39(54)44-31-34(51)33(50)27(19-45)57-40(31)60-38-29(21-47)58-41(32(36(38)53)43-24(4)49)59-37-28(20-46)56-22(2)30(35(37)52)42-23(3)48;1-7-12(19-8(2)23)14(25)17(11(6-22)28-7)30-18-13(20-9(3)24)15(26)16(27-4)10(5-21)29-18/h10-11,14-16,18,22,27-38,40-41,45-47,50-53H,5-9,12-13,17,19-21H2,1-4H3,(H,42,48)(H,43,49)(H,44,54);7,10-18,21-22,25-26H,5-6H2,1-4H3,(H,19,23)(H,20,24)/b11-10-;/t22-,27?,28?,29-,30+,31-,32?,33+,34+,35+,36?,37?,38+,40?,41?;7?,10-,11?,12+,13?,14+,15?,16+,17?,18?/m00/s1. The van der Waals surface area contributed by atoms with E-state index in [4.69, 9.17) is 47.4 Å². The molecule has 16 N–H and O–H groups in total. The summed E-state index contributed by atoms with van der Waals surface area (Å²) in [5.41, 5.74) is 0.134. The van der Waals surface area contributed by atoms with Gasteiger partial charge in [0.05, 0.1) is 63.9 Å². The van der Waals surface area contributed by atoms with Crippen LogP contribution >= 0.6 is 0 Å². The van der Waals surface area contributed by atoms with Crippen LogP contribution in [0.1, 0.15) is 104 Å². The number of aliphatic hydroxyl groups is 11. The molecule has 5 aliphatic heterocycles. The number of benzene rings is 1. The van der Waals surface area contributed by atoms with Crippen molar-refractivity contribution in [1.29, 1.82) is 0 Å². The highest BCUT2D eigenvalue weighted by molar-refractivity contribution is 5.94. The van der Waals surface area contributed by atoms with Gasteiger partial charge in [0.1, 0.15) is 115 Å². The van der Waals surface area contributed by atoms with Gasteiger partial charge < -0.3 is 130 Å². The van der Waals surface area contributed by atoms with Crippen molar-refractivity contribution in [3.63, 3.8) is 0 Å². The number of amides is 5. The highest BCUT2D eigenvalue weighted by Gasteiger charge is 2.55. The van der Waals surface area contributed by atoms with Gasteiger partial charge in [0.15, 0.2) is 18.9 Å². The molecular weight excluding hydrogens is 1190 g/mol. The Morgan fingerprint density at radius 2 is 0.867 bits per heavy atom. The van der Waals surface area contributed by atoms with Gasteiger partial charge in [0.25, 0.3) is 5.91 Å². The summed E-state index contributed by atoms with van der Waals surface area (Å²) in [6, 6.07) is 0.405. The van der Waals surface area contributed by atoms with Crippen molar-refractivity contribution in [1.82, 2.24) is 26.6 Å². The third kappa shape index (κ3) is 20.7. The molecule has 0 spiro atoms. The lowest BCUT2D eigenvalue weighted by Crippen LogP contribution is -2.70. The van der Waals surface area contributed by atoms with E-state index in [2.05, 4.69) is 45.7 Å². The lowest BCUT2D eigenvalue weighted by molar-refractivity contribution is -0.346. The van der Waals surface area contributed by atoms with Crippen LogP contribution in [0.5, 0.6) is 5.75 Å². The first-order valence-corrected chi connectivity index (χ1v) is 30.5. The van der Waals surface area contributed by atoms with Gasteiger partial charge in [-0.2, -0.15) is 0 Å². The van der Waals surface area contributed by atoms with Gasteiger partial charge in [-0.1, -0.05) is 44.4 Å². The molecule has 0 aromatic heterocycles. The molecule has 5 fully saturated rings. The number of methoxy groups -OCH3 is 1. The SMILES string of the molecule is CCCCCC/C=C\CCCOc1cccc(C(=O)N[C@@H]2C(O[C@H]3C(O)C(NC(C)=O)C(OC4C(CO)O[C@@H](C)[C@@H](NC(C)=O)[C@H]4O)O[C@H]3CO)OC(CO)[C@@H](O)[C@@H]2O)c1.CO[C@H]1C(O)C(NC(C)=O)C(OC2C(CO)OC(C)[C@@H](NC(C)=O)[C@H]2O)O[C@H]1CO. The zero-order chi connectivity index (χ0) is 66.5. The minimum Gasteiger partial charge on any atom is -0.494 e. The van der Waals surface area contributed by atoms with Gasteiger partial charge in [0, 0.05) is 40.4 Å².